The molecule has 0 aliphatic carbocycles. The standard InChI is InChI=1S/C6H15N2O.C5H11NO/c1-7-3-5-8(2,9)6-4-7;1-6-2-4-7-5-3-6/h9H,3-6H2,1-2H3;2-5H2,1H3/q+1;. The third-order valence-electron chi connectivity index (χ3n) is 3.16. The van der Waals surface area contributed by atoms with Crippen LogP contribution in [0.3, 0.4) is 0 Å². The summed E-state index contributed by atoms with van der Waals surface area (Å²) in [7, 11) is 6.05. The van der Waals surface area contributed by atoms with Crippen LogP contribution in [0.1, 0.15) is 0 Å². The molecule has 1 N–H and O–H groups in total. The van der Waals surface area contributed by atoms with Crippen LogP contribution >= 0.6 is 0 Å². The SMILES string of the molecule is CN1CCOCC1.CN1CC[N+](C)(O)CC1. The Kier molecular flexibility index (Phi) is 5.64. The summed E-state index contributed by atoms with van der Waals surface area (Å²) in [4.78, 5) is 4.50. The summed E-state index contributed by atoms with van der Waals surface area (Å²) in [6.07, 6.45) is 0. The molecule has 2 heterocycles. The minimum atomic E-state index is 0.199. The fourth-order valence-electron chi connectivity index (χ4n) is 1.65. The maximum Gasteiger partial charge on any atom is 0.121 e. The van der Waals surface area contributed by atoms with Gasteiger partial charge in [-0.25, -0.2) is 5.21 Å². The van der Waals surface area contributed by atoms with E-state index in [1.165, 1.54) is 0 Å². The molecule has 2 aliphatic heterocycles. The normalized spacial score (nSPS) is 27.0. The van der Waals surface area contributed by atoms with E-state index >= 15 is 0 Å². The summed E-state index contributed by atoms with van der Waals surface area (Å²) in [5, 5.41) is 9.40. The van der Waals surface area contributed by atoms with Gasteiger partial charge >= 0.3 is 0 Å². The Hall–Kier alpha value is -0.200. The predicted octanol–water partition coefficient (Wildman–Crippen LogP) is -0.284. The van der Waals surface area contributed by atoms with Gasteiger partial charge in [0.2, 0.25) is 0 Å². The van der Waals surface area contributed by atoms with Crippen LogP contribution in [0.5, 0.6) is 0 Å². The van der Waals surface area contributed by atoms with Gasteiger partial charge in [-0.15, -0.1) is 0 Å². The summed E-state index contributed by atoms with van der Waals surface area (Å²) >= 11 is 0. The van der Waals surface area contributed by atoms with E-state index in [9.17, 15) is 5.21 Å². The molecule has 0 atom stereocenters. The zero-order chi connectivity index (χ0) is 12.0. The van der Waals surface area contributed by atoms with Crippen molar-refractivity contribution in [1.82, 2.24) is 9.80 Å². The van der Waals surface area contributed by atoms with Gasteiger partial charge in [0.15, 0.2) is 0 Å². The molecule has 0 aromatic carbocycles. The van der Waals surface area contributed by atoms with Crippen LogP contribution in [-0.4, -0.2) is 93.3 Å². The van der Waals surface area contributed by atoms with Crippen LogP contribution < -0.4 is 0 Å². The van der Waals surface area contributed by atoms with Gasteiger partial charge in [-0.2, -0.15) is 4.65 Å². The molecular weight excluding hydrogens is 206 g/mol. The molecule has 0 saturated carbocycles. The topological polar surface area (TPSA) is 35.9 Å². The van der Waals surface area contributed by atoms with Crippen molar-refractivity contribution >= 4 is 0 Å². The monoisotopic (exact) mass is 232 g/mol. The molecule has 0 bridgehead atoms. The third kappa shape index (κ3) is 5.77. The van der Waals surface area contributed by atoms with E-state index in [1.54, 1.807) is 0 Å². The Morgan fingerprint density at radius 2 is 1.38 bits per heavy atom. The highest BCUT2D eigenvalue weighted by molar-refractivity contribution is 4.54. The molecule has 0 aromatic heterocycles. The number of hydrogen-bond acceptors (Lipinski definition) is 4. The van der Waals surface area contributed by atoms with Gasteiger partial charge in [-0.05, 0) is 14.1 Å². The summed E-state index contributed by atoms with van der Waals surface area (Å²) in [5.41, 5.74) is 0. The van der Waals surface area contributed by atoms with Crippen molar-refractivity contribution in [3.05, 3.63) is 0 Å². The molecule has 2 saturated heterocycles. The number of quaternary nitrogens is 1. The van der Waals surface area contributed by atoms with E-state index in [1.807, 2.05) is 7.05 Å². The van der Waals surface area contributed by atoms with Crippen molar-refractivity contribution in [1.29, 1.82) is 0 Å². The number of hydroxylamine groups is 3. The van der Waals surface area contributed by atoms with E-state index in [2.05, 4.69) is 23.9 Å². The van der Waals surface area contributed by atoms with Crippen LogP contribution in [0.25, 0.3) is 0 Å². The van der Waals surface area contributed by atoms with Crippen molar-refractivity contribution < 1.29 is 14.6 Å². The second-order valence-electron chi connectivity index (χ2n) is 5.01. The van der Waals surface area contributed by atoms with Gasteiger partial charge in [-0.3, -0.25) is 4.90 Å². The number of morpholine rings is 1. The average molecular weight is 232 g/mol. The third-order valence-corrected chi connectivity index (χ3v) is 3.16. The first kappa shape index (κ1) is 13.9. The highest BCUT2D eigenvalue weighted by Gasteiger charge is 2.24. The number of rotatable bonds is 0. The first-order chi connectivity index (χ1) is 7.49. The highest BCUT2D eigenvalue weighted by Crippen LogP contribution is 2.02. The van der Waals surface area contributed by atoms with E-state index in [4.69, 9.17) is 4.74 Å². The number of ether oxygens (including phenoxy) is 1. The molecule has 5 nitrogen and oxygen atoms in total. The summed E-state index contributed by atoms with van der Waals surface area (Å²) < 4.78 is 5.30. The molecule has 0 aromatic rings. The molecule has 0 unspecified atom stereocenters. The molecule has 5 heteroatoms. The Bertz CT molecular complexity index is 184. The van der Waals surface area contributed by atoms with Crippen LogP contribution in [-0.2, 0) is 4.74 Å². The van der Waals surface area contributed by atoms with E-state index in [-0.39, 0.29) is 4.65 Å². The van der Waals surface area contributed by atoms with Crippen LogP contribution in [0.15, 0.2) is 0 Å². The van der Waals surface area contributed by atoms with Gasteiger partial charge in [0, 0.05) is 13.1 Å². The lowest BCUT2D eigenvalue weighted by Crippen LogP contribution is -2.54. The first-order valence-electron chi connectivity index (χ1n) is 6.02. The van der Waals surface area contributed by atoms with Crippen molar-refractivity contribution in [2.75, 3.05) is 73.6 Å². The molecule has 0 radical (unpaired) electrons. The van der Waals surface area contributed by atoms with Crippen LogP contribution in [0.2, 0.25) is 0 Å². The van der Waals surface area contributed by atoms with Crippen molar-refractivity contribution in [3.63, 3.8) is 0 Å². The molecule has 2 rings (SSSR count). The quantitative estimate of drug-likeness (QED) is 0.583. The predicted molar refractivity (Wildman–Crippen MR) is 63.5 cm³/mol. The van der Waals surface area contributed by atoms with Crippen LogP contribution in [0, 0.1) is 0 Å². The van der Waals surface area contributed by atoms with Crippen molar-refractivity contribution in [2.24, 2.45) is 0 Å². The van der Waals surface area contributed by atoms with Crippen molar-refractivity contribution in [3.8, 4) is 0 Å². The lowest BCUT2D eigenvalue weighted by molar-refractivity contribution is -1.09. The Morgan fingerprint density at radius 3 is 1.69 bits per heavy atom. The van der Waals surface area contributed by atoms with Gasteiger partial charge in [0.05, 0.1) is 33.4 Å². The fourth-order valence-corrected chi connectivity index (χ4v) is 1.65. The lowest BCUT2D eigenvalue weighted by Gasteiger charge is -2.33. The van der Waals surface area contributed by atoms with Crippen LogP contribution in [0.4, 0.5) is 0 Å². The Morgan fingerprint density at radius 1 is 0.938 bits per heavy atom. The van der Waals surface area contributed by atoms with E-state index < -0.39 is 0 Å². The molecule has 2 fully saturated rings. The van der Waals surface area contributed by atoms with E-state index in [0.29, 0.717) is 0 Å². The van der Waals surface area contributed by atoms with Gasteiger partial charge in [0.25, 0.3) is 0 Å². The molecule has 0 spiro atoms. The number of piperazine rings is 1. The Balaban J connectivity index is 0.000000165. The zero-order valence-electron chi connectivity index (χ0n) is 10.9. The fraction of sp³-hybridized carbons (Fsp3) is 1.00. The Labute approximate surface area is 98.7 Å². The van der Waals surface area contributed by atoms with E-state index in [0.717, 1.165) is 52.5 Å². The largest absolute Gasteiger partial charge is 0.379 e. The minimum Gasteiger partial charge on any atom is -0.379 e. The molecule has 0 amide bonds. The zero-order valence-corrected chi connectivity index (χ0v) is 10.9. The smallest absolute Gasteiger partial charge is 0.121 e. The maximum atomic E-state index is 9.40. The van der Waals surface area contributed by atoms with Gasteiger partial charge < -0.3 is 9.64 Å². The van der Waals surface area contributed by atoms with Gasteiger partial charge in [0.1, 0.15) is 13.1 Å². The first-order valence-corrected chi connectivity index (χ1v) is 6.02. The molecule has 2 aliphatic rings. The lowest BCUT2D eigenvalue weighted by atomic mass is 10.3. The molecule has 96 valence electrons. The van der Waals surface area contributed by atoms with Crippen molar-refractivity contribution in [2.45, 2.75) is 0 Å². The second kappa shape index (κ2) is 6.51. The number of likely N-dealkylation sites (N-methyl/N-ethyl adjacent to an activating group) is 3. The maximum absolute atomic E-state index is 9.40. The molecule has 16 heavy (non-hydrogen) atoms. The summed E-state index contributed by atoms with van der Waals surface area (Å²) in [5.74, 6) is 0. The second-order valence-corrected chi connectivity index (χ2v) is 5.01. The summed E-state index contributed by atoms with van der Waals surface area (Å²) in [6.45, 7) is 7.75. The highest BCUT2D eigenvalue weighted by atomic mass is 16.5. The minimum absolute atomic E-state index is 0.199. The number of hydrogen-bond donors (Lipinski definition) is 1. The summed E-state index contributed by atoms with van der Waals surface area (Å²) in [6, 6.07) is 0. The average Bonchev–Trinajstić information content (AvgIpc) is 2.25. The molecular formula is C11H26N3O2+. The van der Waals surface area contributed by atoms with Gasteiger partial charge in [-0.1, -0.05) is 0 Å². The number of nitrogens with zero attached hydrogens (tertiary/aromatic N) is 3.